The number of nitrogens with zero attached hydrogens (tertiary/aromatic N) is 1. The second-order valence-corrected chi connectivity index (χ2v) is 4.43. The molecule has 1 aromatic heterocycles. The van der Waals surface area contributed by atoms with Crippen LogP contribution in [0.25, 0.3) is 10.8 Å². The molecule has 0 N–H and O–H groups in total. The van der Waals surface area contributed by atoms with Gasteiger partial charge in [0, 0.05) is 11.6 Å². The predicted molar refractivity (Wildman–Crippen MR) is 71.5 cm³/mol. The number of hydrogen-bond donors (Lipinski definition) is 0. The lowest BCUT2D eigenvalue weighted by atomic mass is 10.0. The number of aromatic nitrogens is 1. The van der Waals surface area contributed by atoms with Crippen LogP contribution in [0.3, 0.4) is 0 Å². The lowest BCUT2D eigenvalue weighted by Crippen LogP contribution is -2.09. The fourth-order valence-electron chi connectivity index (χ4n) is 2.13. The first-order chi connectivity index (χ1) is 10.1. The minimum Gasteiger partial charge on any atom is -0.287 e. The van der Waals surface area contributed by atoms with Gasteiger partial charge in [-0.25, -0.2) is 13.2 Å². The zero-order valence-electron chi connectivity index (χ0n) is 10.6. The van der Waals surface area contributed by atoms with Crippen molar-refractivity contribution in [1.82, 2.24) is 4.98 Å². The Morgan fingerprint density at radius 3 is 2.48 bits per heavy atom. The molecule has 5 heteroatoms. The van der Waals surface area contributed by atoms with Gasteiger partial charge in [0.1, 0.15) is 5.69 Å². The Balaban J connectivity index is 2.20. The normalized spacial score (nSPS) is 10.8. The molecule has 3 aromatic rings. The Hall–Kier alpha value is -2.69. The molecule has 0 fully saturated rings. The highest BCUT2D eigenvalue weighted by Gasteiger charge is 2.22. The molecule has 104 valence electrons. The Morgan fingerprint density at radius 2 is 1.67 bits per heavy atom. The topological polar surface area (TPSA) is 30.0 Å². The third-order valence-electron chi connectivity index (χ3n) is 3.17. The molecule has 3 rings (SSSR count). The number of rotatable bonds is 2. The van der Waals surface area contributed by atoms with Gasteiger partial charge in [0.15, 0.2) is 17.5 Å². The van der Waals surface area contributed by atoms with E-state index in [0.717, 1.165) is 17.5 Å². The van der Waals surface area contributed by atoms with Crippen molar-refractivity contribution >= 4 is 16.6 Å². The molecule has 0 spiro atoms. The first kappa shape index (κ1) is 13.3. The maximum atomic E-state index is 13.7. The first-order valence-electron chi connectivity index (χ1n) is 6.11. The van der Waals surface area contributed by atoms with Gasteiger partial charge in [0.05, 0.1) is 5.56 Å². The monoisotopic (exact) mass is 287 g/mol. The summed E-state index contributed by atoms with van der Waals surface area (Å²) < 4.78 is 39.9. The lowest BCUT2D eigenvalue weighted by molar-refractivity contribution is 0.103. The van der Waals surface area contributed by atoms with Crippen molar-refractivity contribution in [1.29, 1.82) is 0 Å². The van der Waals surface area contributed by atoms with Gasteiger partial charge < -0.3 is 0 Å². The fourth-order valence-corrected chi connectivity index (χ4v) is 2.13. The summed E-state index contributed by atoms with van der Waals surface area (Å²) in [6.45, 7) is 0. The van der Waals surface area contributed by atoms with Crippen LogP contribution in [0.2, 0.25) is 0 Å². The van der Waals surface area contributed by atoms with Crippen LogP contribution in [-0.4, -0.2) is 10.8 Å². The van der Waals surface area contributed by atoms with E-state index < -0.39 is 28.8 Å². The van der Waals surface area contributed by atoms with Crippen molar-refractivity contribution in [3.63, 3.8) is 0 Å². The zero-order valence-corrected chi connectivity index (χ0v) is 10.6. The van der Waals surface area contributed by atoms with Gasteiger partial charge in [-0.05, 0) is 23.6 Å². The second-order valence-electron chi connectivity index (χ2n) is 4.43. The largest absolute Gasteiger partial charge is 0.287 e. The molecule has 2 nitrogen and oxygen atoms in total. The molecule has 21 heavy (non-hydrogen) atoms. The van der Waals surface area contributed by atoms with Crippen molar-refractivity contribution in [3.8, 4) is 0 Å². The van der Waals surface area contributed by atoms with E-state index >= 15 is 0 Å². The van der Waals surface area contributed by atoms with Gasteiger partial charge in [0.2, 0.25) is 5.78 Å². The summed E-state index contributed by atoms with van der Waals surface area (Å²) in [5.41, 5.74) is -0.546. The molecule has 0 aliphatic carbocycles. The average Bonchev–Trinajstić information content (AvgIpc) is 2.51. The van der Waals surface area contributed by atoms with Crippen molar-refractivity contribution in [3.05, 3.63) is 77.4 Å². The Morgan fingerprint density at radius 1 is 0.905 bits per heavy atom. The number of carbonyl (C=O) groups is 1. The standard InChI is InChI=1S/C16H8F3NO/c17-12-6-5-11(13(18)14(12)19)16(21)15-10-4-2-1-3-9(10)7-8-20-15/h1-8H. The molecule has 0 aliphatic rings. The van der Waals surface area contributed by atoms with E-state index in [9.17, 15) is 18.0 Å². The number of benzene rings is 2. The molecule has 0 amide bonds. The van der Waals surface area contributed by atoms with Crippen LogP contribution in [0.4, 0.5) is 13.2 Å². The number of halogens is 3. The van der Waals surface area contributed by atoms with Gasteiger partial charge in [0.25, 0.3) is 0 Å². The lowest BCUT2D eigenvalue weighted by Gasteiger charge is -2.06. The van der Waals surface area contributed by atoms with Crippen molar-refractivity contribution in [2.45, 2.75) is 0 Å². The Bertz CT molecular complexity index is 856. The van der Waals surface area contributed by atoms with E-state index in [4.69, 9.17) is 0 Å². The number of hydrogen-bond acceptors (Lipinski definition) is 2. The minimum atomic E-state index is -1.67. The molecule has 0 saturated carbocycles. The SMILES string of the molecule is O=C(c1ccc(F)c(F)c1F)c1nccc2ccccc12. The minimum absolute atomic E-state index is 0.00184. The summed E-state index contributed by atoms with van der Waals surface area (Å²) in [4.78, 5) is 16.3. The van der Waals surface area contributed by atoms with Crippen LogP contribution < -0.4 is 0 Å². The summed E-state index contributed by atoms with van der Waals surface area (Å²) in [5.74, 6) is -5.30. The predicted octanol–water partition coefficient (Wildman–Crippen LogP) is 3.88. The van der Waals surface area contributed by atoms with Crippen LogP contribution in [-0.2, 0) is 0 Å². The highest BCUT2D eigenvalue weighted by molar-refractivity contribution is 6.15. The average molecular weight is 287 g/mol. The van der Waals surface area contributed by atoms with Gasteiger partial charge >= 0.3 is 0 Å². The van der Waals surface area contributed by atoms with E-state index in [0.29, 0.717) is 5.39 Å². The van der Waals surface area contributed by atoms with E-state index in [1.807, 2.05) is 0 Å². The molecule has 1 heterocycles. The van der Waals surface area contributed by atoms with E-state index in [-0.39, 0.29) is 5.69 Å². The number of ketones is 1. The maximum Gasteiger partial charge on any atom is 0.215 e. The Labute approximate surface area is 117 Å². The van der Waals surface area contributed by atoms with E-state index in [2.05, 4.69) is 4.98 Å². The second kappa shape index (κ2) is 5.01. The van der Waals surface area contributed by atoms with Crippen molar-refractivity contribution < 1.29 is 18.0 Å². The van der Waals surface area contributed by atoms with Gasteiger partial charge in [-0.3, -0.25) is 9.78 Å². The molecular formula is C16H8F3NO. The quantitative estimate of drug-likeness (QED) is 0.529. The summed E-state index contributed by atoms with van der Waals surface area (Å²) in [5, 5.41) is 1.27. The summed E-state index contributed by atoms with van der Waals surface area (Å²) in [6.07, 6.45) is 1.41. The third kappa shape index (κ3) is 2.16. The molecule has 0 unspecified atom stereocenters. The number of pyridine rings is 1. The van der Waals surface area contributed by atoms with E-state index in [1.165, 1.54) is 6.20 Å². The third-order valence-corrected chi connectivity index (χ3v) is 3.17. The molecule has 0 saturated heterocycles. The molecule has 0 atom stereocenters. The Kier molecular flexibility index (Phi) is 3.17. The highest BCUT2D eigenvalue weighted by Crippen LogP contribution is 2.22. The van der Waals surface area contributed by atoms with Crippen LogP contribution in [0, 0.1) is 17.5 Å². The van der Waals surface area contributed by atoms with E-state index in [1.54, 1.807) is 30.3 Å². The first-order valence-corrected chi connectivity index (χ1v) is 6.11. The molecular weight excluding hydrogens is 279 g/mol. The van der Waals surface area contributed by atoms with Crippen LogP contribution in [0.15, 0.2) is 48.7 Å². The number of carbonyl (C=O) groups excluding carboxylic acids is 1. The van der Waals surface area contributed by atoms with Crippen molar-refractivity contribution in [2.24, 2.45) is 0 Å². The summed E-state index contributed by atoms with van der Waals surface area (Å²) >= 11 is 0. The molecule has 0 radical (unpaired) electrons. The van der Waals surface area contributed by atoms with Gasteiger partial charge in [-0.15, -0.1) is 0 Å². The highest BCUT2D eigenvalue weighted by atomic mass is 19.2. The smallest absolute Gasteiger partial charge is 0.215 e. The van der Waals surface area contributed by atoms with Crippen LogP contribution in [0.5, 0.6) is 0 Å². The van der Waals surface area contributed by atoms with Crippen LogP contribution in [0.1, 0.15) is 16.1 Å². The fraction of sp³-hybridized carbons (Fsp3) is 0. The molecule has 2 aromatic carbocycles. The summed E-state index contributed by atoms with van der Waals surface area (Å²) in [7, 11) is 0. The zero-order chi connectivity index (χ0) is 15.0. The van der Waals surface area contributed by atoms with Crippen LogP contribution >= 0.6 is 0 Å². The number of fused-ring (bicyclic) bond motifs is 1. The van der Waals surface area contributed by atoms with Gasteiger partial charge in [-0.1, -0.05) is 24.3 Å². The van der Waals surface area contributed by atoms with Gasteiger partial charge in [-0.2, -0.15) is 0 Å². The molecule has 0 aliphatic heterocycles. The van der Waals surface area contributed by atoms with Crippen molar-refractivity contribution in [2.75, 3.05) is 0 Å². The molecule has 0 bridgehead atoms. The summed E-state index contributed by atoms with van der Waals surface area (Å²) in [6, 6.07) is 10.3. The maximum absolute atomic E-state index is 13.7.